The molecule has 1 amide bonds. The van der Waals surface area contributed by atoms with Crippen molar-refractivity contribution in [3.05, 3.63) is 64.2 Å². The molecule has 21 heavy (non-hydrogen) atoms. The number of amides is 1. The van der Waals surface area contributed by atoms with Gasteiger partial charge in [-0.05, 0) is 29.2 Å². The third kappa shape index (κ3) is 2.13. The van der Waals surface area contributed by atoms with Gasteiger partial charge in [-0.25, -0.2) is 0 Å². The molecule has 3 nitrogen and oxygen atoms in total. The third-order valence-electron chi connectivity index (χ3n) is 3.94. The van der Waals surface area contributed by atoms with Crippen molar-refractivity contribution in [1.82, 2.24) is 0 Å². The lowest BCUT2D eigenvalue weighted by atomic mass is 9.86. The van der Waals surface area contributed by atoms with E-state index in [1.807, 2.05) is 12.1 Å². The summed E-state index contributed by atoms with van der Waals surface area (Å²) in [5.41, 5.74) is 1.16. The van der Waals surface area contributed by atoms with Crippen molar-refractivity contribution in [3.8, 4) is 0 Å². The number of carbonyl (C=O) groups is 1. The van der Waals surface area contributed by atoms with E-state index in [1.54, 1.807) is 30.3 Å². The fraction of sp³-hybridized carbons (Fsp3) is 0.235. The van der Waals surface area contributed by atoms with Crippen LogP contribution in [-0.2, 0) is 10.4 Å². The lowest BCUT2D eigenvalue weighted by molar-refractivity contribution is -0.129. The molecule has 2 N–H and O–H groups in total. The van der Waals surface area contributed by atoms with Gasteiger partial charge in [-0.2, -0.15) is 0 Å². The number of anilines is 1. The fourth-order valence-electron chi connectivity index (χ4n) is 2.67. The van der Waals surface area contributed by atoms with Crippen LogP contribution in [0.1, 0.15) is 36.5 Å². The topological polar surface area (TPSA) is 49.3 Å². The maximum atomic E-state index is 12.3. The molecule has 1 aliphatic heterocycles. The summed E-state index contributed by atoms with van der Waals surface area (Å²) in [4.78, 5) is 12.3. The average Bonchev–Trinajstić information content (AvgIpc) is 2.71. The highest BCUT2D eigenvalue weighted by Crippen LogP contribution is 2.42. The van der Waals surface area contributed by atoms with Crippen molar-refractivity contribution in [2.45, 2.75) is 25.4 Å². The summed E-state index contributed by atoms with van der Waals surface area (Å²) in [7, 11) is 0. The molecule has 108 valence electrons. The van der Waals surface area contributed by atoms with Crippen LogP contribution in [0.2, 0.25) is 5.02 Å². The predicted octanol–water partition coefficient (Wildman–Crippen LogP) is 3.65. The second kappa shape index (κ2) is 4.86. The molecular formula is C17H16ClNO2. The Kier molecular flexibility index (Phi) is 3.27. The van der Waals surface area contributed by atoms with Crippen molar-refractivity contribution in [1.29, 1.82) is 0 Å². The monoisotopic (exact) mass is 301 g/mol. The third-order valence-corrected chi connectivity index (χ3v) is 4.18. The van der Waals surface area contributed by atoms with E-state index in [0.29, 0.717) is 27.8 Å². The quantitative estimate of drug-likeness (QED) is 0.889. The lowest BCUT2D eigenvalue weighted by Gasteiger charge is -2.22. The molecule has 3 rings (SSSR count). The van der Waals surface area contributed by atoms with Gasteiger partial charge in [0, 0.05) is 16.3 Å². The molecule has 0 saturated heterocycles. The number of fused-ring (bicyclic) bond motifs is 1. The van der Waals surface area contributed by atoms with Gasteiger partial charge in [0.1, 0.15) is 0 Å². The number of rotatable bonds is 2. The second-order valence-electron chi connectivity index (χ2n) is 5.63. The largest absolute Gasteiger partial charge is 0.372 e. The van der Waals surface area contributed by atoms with E-state index >= 15 is 0 Å². The summed E-state index contributed by atoms with van der Waals surface area (Å²) in [6.07, 6.45) is 0. The molecule has 0 bridgehead atoms. The molecule has 0 spiro atoms. The normalized spacial score (nSPS) is 20.5. The number of nitrogens with one attached hydrogen (secondary N) is 1. The van der Waals surface area contributed by atoms with E-state index in [1.165, 1.54) is 0 Å². The summed E-state index contributed by atoms with van der Waals surface area (Å²) >= 11 is 5.93. The molecule has 0 fully saturated rings. The molecule has 1 atom stereocenters. The van der Waals surface area contributed by atoms with Crippen LogP contribution in [0.5, 0.6) is 0 Å². The summed E-state index contributed by atoms with van der Waals surface area (Å²) < 4.78 is 0. The number of hydrogen-bond donors (Lipinski definition) is 2. The number of carbonyl (C=O) groups excluding carboxylic acids is 1. The maximum absolute atomic E-state index is 12.3. The minimum Gasteiger partial charge on any atom is -0.372 e. The van der Waals surface area contributed by atoms with Crippen LogP contribution >= 0.6 is 11.6 Å². The zero-order chi connectivity index (χ0) is 15.2. The smallest absolute Gasteiger partial charge is 0.265 e. The first-order valence-corrected chi connectivity index (χ1v) is 7.25. The molecule has 4 heteroatoms. The molecule has 0 saturated carbocycles. The van der Waals surface area contributed by atoms with Crippen LogP contribution in [0, 0.1) is 0 Å². The molecular weight excluding hydrogens is 286 g/mol. The Balaban J connectivity index is 2.10. The zero-order valence-electron chi connectivity index (χ0n) is 11.9. The van der Waals surface area contributed by atoms with Crippen LogP contribution in [-0.4, -0.2) is 11.0 Å². The Morgan fingerprint density at radius 1 is 1.14 bits per heavy atom. The highest BCUT2D eigenvalue weighted by molar-refractivity contribution is 6.31. The van der Waals surface area contributed by atoms with E-state index < -0.39 is 11.5 Å². The molecule has 0 aliphatic carbocycles. The molecule has 1 heterocycles. The molecule has 2 aromatic carbocycles. The van der Waals surface area contributed by atoms with Crippen LogP contribution in [0.15, 0.2) is 42.5 Å². The van der Waals surface area contributed by atoms with Gasteiger partial charge in [0.15, 0.2) is 5.60 Å². The first kappa shape index (κ1) is 14.1. The SMILES string of the molecule is CC(C)c1ccc(C2(O)C(=O)Nc3cc(Cl)ccc32)cc1. The van der Waals surface area contributed by atoms with Crippen LogP contribution in [0.4, 0.5) is 5.69 Å². The molecule has 0 aromatic heterocycles. The Morgan fingerprint density at radius 2 is 1.81 bits per heavy atom. The Hall–Kier alpha value is -1.84. The van der Waals surface area contributed by atoms with E-state index in [2.05, 4.69) is 19.2 Å². The summed E-state index contributed by atoms with van der Waals surface area (Å²) in [5, 5.41) is 14.2. The highest BCUT2D eigenvalue weighted by Gasteiger charge is 2.46. The molecule has 1 aliphatic rings. The van der Waals surface area contributed by atoms with Gasteiger partial charge < -0.3 is 10.4 Å². The van der Waals surface area contributed by atoms with Gasteiger partial charge in [0.25, 0.3) is 5.91 Å². The van der Waals surface area contributed by atoms with Gasteiger partial charge >= 0.3 is 0 Å². The molecule has 2 aromatic rings. The maximum Gasteiger partial charge on any atom is 0.265 e. The van der Waals surface area contributed by atoms with Gasteiger partial charge in [-0.15, -0.1) is 0 Å². The van der Waals surface area contributed by atoms with Crippen LogP contribution in [0.25, 0.3) is 0 Å². The van der Waals surface area contributed by atoms with Crippen LogP contribution < -0.4 is 5.32 Å². The van der Waals surface area contributed by atoms with Gasteiger partial charge in [-0.3, -0.25) is 4.79 Å². The minimum absolute atomic E-state index is 0.400. The van der Waals surface area contributed by atoms with Crippen LogP contribution in [0.3, 0.4) is 0 Å². The number of halogens is 1. The molecule has 0 radical (unpaired) electrons. The van der Waals surface area contributed by atoms with E-state index in [-0.39, 0.29) is 0 Å². The van der Waals surface area contributed by atoms with Crippen molar-refractivity contribution >= 4 is 23.2 Å². The fourth-order valence-corrected chi connectivity index (χ4v) is 2.84. The van der Waals surface area contributed by atoms with Crippen molar-refractivity contribution in [2.75, 3.05) is 5.32 Å². The first-order chi connectivity index (χ1) is 9.92. The van der Waals surface area contributed by atoms with E-state index in [4.69, 9.17) is 11.6 Å². The number of aliphatic hydroxyl groups is 1. The summed E-state index contributed by atoms with van der Waals surface area (Å²) in [5.74, 6) is -0.0470. The average molecular weight is 302 g/mol. The number of hydrogen-bond acceptors (Lipinski definition) is 2. The van der Waals surface area contributed by atoms with E-state index in [9.17, 15) is 9.90 Å². The van der Waals surface area contributed by atoms with Gasteiger partial charge in [0.05, 0.1) is 0 Å². The minimum atomic E-state index is -1.66. The van der Waals surface area contributed by atoms with Crippen molar-refractivity contribution < 1.29 is 9.90 Å². The molecule has 1 unspecified atom stereocenters. The van der Waals surface area contributed by atoms with Crippen molar-refractivity contribution in [3.63, 3.8) is 0 Å². The van der Waals surface area contributed by atoms with Crippen molar-refractivity contribution in [2.24, 2.45) is 0 Å². The Morgan fingerprint density at radius 3 is 2.43 bits per heavy atom. The summed E-state index contributed by atoms with van der Waals surface area (Å²) in [6, 6.07) is 12.5. The Labute approximate surface area is 128 Å². The lowest BCUT2D eigenvalue weighted by Crippen LogP contribution is -2.35. The predicted molar refractivity (Wildman–Crippen MR) is 83.6 cm³/mol. The zero-order valence-corrected chi connectivity index (χ0v) is 12.6. The highest BCUT2D eigenvalue weighted by atomic mass is 35.5. The standard InChI is InChI=1S/C17H16ClNO2/c1-10(2)11-3-5-12(6-4-11)17(21)14-8-7-13(18)9-15(14)19-16(17)20/h3-10,21H,1-2H3,(H,19,20). The summed E-state index contributed by atoms with van der Waals surface area (Å²) in [6.45, 7) is 4.20. The van der Waals surface area contributed by atoms with E-state index in [0.717, 1.165) is 5.56 Å². The van der Waals surface area contributed by atoms with Gasteiger partial charge in [0.2, 0.25) is 0 Å². The Bertz CT molecular complexity index is 709. The number of benzene rings is 2. The van der Waals surface area contributed by atoms with Gasteiger partial charge in [-0.1, -0.05) is 55.8 Å². The second-order valence-corrected chi connectivity index (χ2v) is 6.07. The first-order valence-electron chi connectivity index (χ1n) is 6.87.